The lowest BCUT2D eigenvalue weighted by atomic mass is 10.2. The van der Waals surface area contributed by atoms with E-state index in [2.05, 4.69) is 24.5 Å². The molecule has 2 heterocycles. The first kappa shape index (κ1) is 18.8. The van der Waals surface area contributed by atoms with E-state index in [0.717, 1.165) is 29.8 Å². The number of anilines is 2. The van der Waals surface area contributed by atoms with E-state index < -0.39 is 6.36 Å². The van der Waals surface area contributed by atoms with Crippen LogP contribution in [0.2, 0.25) is 0 Å². The number of nitrogens with zero attached hydrogens (tertiary/aromatic N) is 4. The highest BCUT2D eigenvalue weighted by atomic mass is 19.4. The molecule has 2 aliphatic rings. The number of ether oxygens (including phenoxy) is 1. The van der Waals surface area contributed by atoms with Gasteiger partial charge in [-0.05, 0) is 37.1 Å². The molecule has 2 fully saturated rings. The van der Waals surface area contributed by atoms with Crippen LogP contribution in [0.4, 0.5) is 24.8 Å². The van der Waals surface area contributed by atoms with Gasteiger partial charge in [0.1, 0.15) is 5.75 Å². The molecule has 0 radical (unpaired) electrons. The van der Waals surface area contributed by atoms with Crippen molar-refractivity contribution in [2.75, 3.05) is 36.0 Å². The highest BCUT2D eigenvalue weighted by Gasteiger charge is 2.31. The number of aromatic nitrogens is 2. The van der Waals surface area contributed by atoms with Crippen molar-refractivity contribution in [2.45, 2.75) is 31.7 Å². The van der Waals surface area contributed by atoms with Gasteiger partial charge in [-0.1, -0.05) is 0 Å². The number of hydrogen-bond acceptors (Lipinski definition) is 6. The predicted molar refractivity (Wildman–Crippen MR) is 97.5 cm³/mol. The molecular weight excluding hydrogens is 373 g/mol. The predicted octanol–water partition coefficient (Wildman–Crippen LogP) is 3.07. The van der Waals surface area contributed by atoms with Crippen LogP contribution in [0.3, 0.4) is 0 Å². The van der Waals surface area contributed by atoms with E-state index in [1.54, 1.807) is 18.3 Å². The lowest BCUT2D eigenvalue weighted by molar-refractivity contribution is -0.274. The zero-order valence-electron chi connectivity index (χ0n) is 15.2. The highest BCUT2D eigenvalue weighted by Crippen LogP contribution is 2.41. The van der Waals surface area contributed by atoms with Crippen LogP contribution in [-0.2, 0) is 6.61 Å². The van der Waals surface area contributed by atoms with Gasteiger partial charge >= 0.3 is 6.36 Å². The number of aliphatic hydroxyl groups is 1. The summed E-state index contributed by atoms with van der Waals surface area (Å²) in [5.74, 6) is 0.884. The van der Waals surface area contributed by atoms with Gasteiger partial charge in [0, 0.05) is 49.5 Å². The van der Waals surface area contributed by atoms with Crippen molar-refractivity contribution in [1.29, 1.82) is 0 Å². The fourth-order valence-electron chi connectivity index (χ4n) is 3.42. The standard InChI is InChI=1S/C19H21F3N4O2/c20-19(21,22)28-16-5-3-15(4-6-16)25-7-9-26(10-8-25)18-23-11-14(12-27)17(24-18)13-1-2-13/h3-6,11,13,27H,1-2,7-10,12H2. The molecular formula is C19H21F3N4O2. The zero-order chi connectivity index (χ0) is 19.7. The van der Waals surface area contributed by atoms with Crippen LogP contribution in [-0.4, -0.2) is 47.6 Å². The topological polar surface area (TPSA) is 61.7 Å². The Morgan fingerprint density at radius 1 is 1.04 bits per heavy atom. The second-order valence-corrected chi connectivity index (χ2v) is 7.03. The number of alkyl halides is 3. The first-order valence-electron chi connectivity index (χ1n) is 9.25. The minimum Gasteiger partial charge on any atom is -0.406 e. The molecule has 1 aliphatic carbocycles. The Labute approximate surface area is 160 Å². The smallest absolute Gasteiger partial charge is 0.406 e. The van der Waals surface area contributed by atoms with E-state index in [4.69, 9.17) is 0 Å². The number of aliphatic hydroxyl groups excluding tert-OH is 1. The van der Waals surface area contributed by atoms with Crippen LogP contribution >= 0.6 is 0 Å². The Hall–Kier alpha value is -2.55. The normalized spacial score (nSPS) is 17.7. The maximum Gasteiger partial charge on any atom is 0.573 e. The molecule has 1 saturated carbocycles. The van der Waals surface area contributed by atoms with Crippen molar-refractivity contribution < 1.29 is 23.0 Å². The Balaban J connectivity index is 1.39. The molecule has 1 aliphatic heterocycles. The van der Waals surface area contributed by atoms with Crippen molar-refractivity contribution in [3.8, 4) is 5.75 Å². The summed E-state index contributed by atoms with van der Waals surface area (Å²) in [5, 5.41) is 9.47. The lowest BCUT2D eigenvalue weighted by Crippen LogP contribution is -2.47. The van der Waals surface area contributed by atoms with Crippen LogP contribution in [0.25, 0.3) is 0 Å². The van der Waals surface area contributed by atoms with E-state index in [9.17, 15) is 18.3 Å². The van der Waals surface area contributed by atoms with E-state index in [1.807, 2.05) is 0 Å². The summed E-state index contributed by atoms with van der Waals surface area (Å²) in [6.45, 7) is 2.80. The second-order valence-electron chi connectivity index (χ2n) is 7.03. The maximum absolute atomic E-state index is 12.3. The molecule has 0 amide bonds. The van der Waals surface area contributed by atoms with Crippen LogP contribution in [0.15, 0.2) is 30.5 Å². The van der Waals surface area contributed by atoms with E-state index >= 15 is 0 Å². The number of benzene rings is 1. The van der Waals surface area contributed by atoms with Gasteiger partial charge in [-0.2, -0.15) is 0 Å². The Kier molecular flexibility index (Phi) is 5.01. The molecule has 1 saturated heterocycles. The van der Waals surface area contributed by atoms with Gasteiger partial charge in [0.05, 0.1) is 12.3 Å². The van der Waals surface area contributed by atoms with Crippen molar-refractivity contribution >= 4 is 11.6 Å². The first-order valence-corrected chi connectivity index (χ1v) is 9.25. The molecule has 1 N–H and O–H groups in total. The summed E-state index contributed by atoms with van der Waals surface area (Å²) < 4.78 is 40.7. The van der Waals surface area contributed by atoms with E-state index in [-0.39, 0.29) is 12.4 Å². The number of piperazine rings is 1. The average molecular weight is 394 g/mol. The van der Waals surface area contributed by atoms with Crippen molar-refractivity contribution in [2.24, 2.45) is 0 Å². The monoisotopic (exact) mass is 394 g/mol. The SMILES string of the molecule is OCc1cnc(N2CCN(c3ccc(OC(F)(F)F)cc3)CC2)nc1C1CC1. The number of halogens is 3. The Morgan fingerprint density at radius 3 is 2.25 bits per heavy atom. The lowest BCUT2D eigenvalue weighted by Gasteiger charge is -2.36. The fraction of sp³-hybridized carbons (Fsp3) is 0.474. The molecule has 0 unspecified atom stereocenters. The zero-order valence-corrected chi connectivity index (χ0v) is 15.2. The van der Waals surface area contributed by atoms with Crippen LogP contribution < -0.4 is 14.5 Å². The minimum absolute atomic E-state index is 0.0477. The maximum atomic E-state index is 12.3. The summed E-state index contributed by atoms with van der Waals surface area (Å²) in [6, 6.07) is 5.92. The van der Waals surface area contributed by atoms with Crippen molar-refractivity contribution in [1.82, 2.24) is 9.97 Å². The third-order valence-electron chi connectivity index (χ3n) is 5.02. The van der Waals surface area contributed by atoms with Gasteiger partial charge in [-0.25, -0.2) is 9.97 Å². The second kappa shape index (κ2) is 7.46. The molecule has 0 spiro atoms. The van der Waals surface area contributed by atoms with Crippen LogP contribution in [0.1, 0.15) is 30.0 Å². The molecule has 9 heteroatoms. The largest absolute Gasteiger partial charge is 0.573 e. The Morgan fingerprint density at radius 2 is 1.68 bits per heavy atom. The van der Waals surface area contributed by atoms with Crippen LogP contribution in [0.5, 0.6) is 5.75 Å². The fourth-order valence-corrected chi connectivity index (χ4v) is 3.42. The van der Waals surface area contributed by atoms with Gasteiger partial charge in [0.25, 0.3) is 0 Å². The summed E-state index contributed by atoms with van der Waals surface area (Å²) >= 11 is 0. The van der Waals surface area contributed by atoms with Crippen LogP contribution in [0, 0.1) is 0 Å². The summed E-state index contributed by atoms with van der Waals surface area (Å²) in [7, 11) is 0. The molecule has 4 rings (SSSR count). The number of rotatable bonds is 5. The molecule has 0 bridgehead atoms. The van der Waals surface area contributed by atoms with Crippen molar-refractivity contribution in [3.05, 3.63) is 41.7 Å². The van der Waals surface area contributed by atoms with Gasteiger partial charge < -0.3 is 19.6 Å². The molecule has 6 nitrogen and oxygen atoms in total. The highest BCUT2D eigenvalue weighted by molar-refractivity contribution is 5.51. The third kappa shape index (κ3) is 4.30. The molecule has 0 atom stereocenters. The Bertz CT molecular complexity index is 817. The minimum atomic E-state index is -4.68. The van der Waals surface area contributed by atoms with Crippen molar-refractivity contribution in [3.63, 3.8) is 0 Å². The third-order valence-corrected chi connectivity index (χ3v) is 5.02. The van der Waals surface area contributed by atoms with Gasteiger partial charge in [-0.15, -0.1) is 13.2 Å². The summed E-state index contributed by atoms with van der Waals surface area (Å²) in [5.41, 5.74) is 2.60. The molecule has 1 aromatic carbocycles. The average Bonchev–Trinajstić information content (AvgIpc) is 3.52. The summed E-state index contributed by atoms with van der Waals surface area (Å²) in [4.78, 5) is 13.3. The van der Waals surface area contributed by atoms with E-state index in [1.165, 1.54) is 12.1 Å². The molecule has 2 aromatic rings. The van der Waals surface area contributed by atoms with Gasteiger partial charge in [-0.3, -0.25) is 0 Å². The molecule has 150 valence electrons. The molecule has 1 aromatic heterocycles. The van der Waals surface area contributed by atoms with Gasteiger partial charge in [0.15, 0.2) is 0 Å². The first-order chi connectivity index (χ1) is 13.4. The van der Waals surface area contributed by atoms with Gasteiger partial charge in [0.2, 0.25) is 5.95 Å². The van der Waals surface area contributed by atoms with E-state index in [0.29, 0.717) is 38.0 Å². The molecule has 28 heavy (non-hydrogen) atoms. The number of hydrogen-bond donors (Lipinski definition) is 1. The quantitative estimate of drug-likeness (QED) is 0.841. The summed E-state index contributed by atoms with van der Waals surface area (Å²) in [6.07, 6.45) is -0.768.